The Labute approximate surface area is 112 Å². The first-order chi connectivity index (χ1) is 8.61. The molecule has 18 heavy (non-hydrogen) atoms. The standard InChI is InChI=1S/C14H15ClN2O/c1-9(16)10-5-11(8-17-7-10)13-6-12(15)3-4-14(13)18-2/h3-9H,16H2,1-2H3. The summed E-state index contributed by atoms with van der Waals surface area (Å²) >= 11 is 6.03. The molecule has 1 aromatic carbocycles. The van der Waals surface area contributed by atoms with E-state index in [1.54, 1.807) is 25.6 Å². The summed E-state index contributed by atoms with van der Waals surface area (Å²) in [5, 5.41) is 0.664. The van der Waals surface area contributed by atoms with Crippen molar-refractivity contribution in [1.29, 1.82) is 0 Å². The Morgan fingerprint density at radius 2 is 2.06 bits per heavy atom. The van der Waals surface area contributed by atoms with Crippen LogP contribution in [0, 0.1) is 0 Å². The summed E-state index contributed by atoms with van der Waals surface area (Å²) in [5.74, 6) is 0.767. The van der Waals surface area contributed by atoms with E-state index in [0.717, 1.165) is 22.4 Å². The van der Waals surface area contributed by atoms with E-state index in [0.29, 0.717) is 5.02 Å². The topological polar surface area (TPSA) is 48.1 Å². The third-order valence-corrected chi connectivity index (χ3v) is 2.99. The molecule has 0 saturated heterocycles. The van der Waals surface area contributed by atoms with Crippen molar-refractivity contribution in [2.45, 2.75) is 13.0 Å². The minimum atomic E-state index is -0.0531. The van der Waals surface area contributed by atoms with E-state index in [1.165, 1.54) is 0 Å². The largest absolute Gasteiger partial charge is 0.496 e. The van der Waals surface area contributed by atoms with Crippen LogP contribution in [0.2, 0.25) is 5.02 Å². The van der Waals surface area contributed by atoms with Crippen LogP contribution < -0.4 is 10.5 Å². The monoisotopic (exact) mass is 262 g/mol. The van der Waals surface area contributed by atoms with Gasteiger partial charge in [0.15, 0.2) is 0 Å². The summed E-state index contributed by atoms with van der Waals surface area (Å²) in [7, 11) is 1.63. The van der Waals surface area contributed by atoms with Gasteiger partial charge in [0.25, 0.3) is 0 Å². The van der Waals surface area contributed by atoms with Crippen LogP contribution in [-0.2, 0) is 0 Å². The molecule has 0 fully saturated rings. The van der Waals surface area contributed by atoms with Gasteiger partial charge in [-0.1, -0.05) is 11.6 Å². The van der Waals surface area contributed by atoms with Gasteiger partial charge in [-0.3, -0.25) is 4.98 Å². The fourth-order valence-electron chi connectivity index (χ4n) is 1.76. The number of methoxy groups -OCH3 is 1. The molecule has 1 unspecified atom stereocenters. The zero-order valence-corrected chi connectivity index (χ0v) is 11.1. The molecule has 1 atom stereocenters. The van der Waals surface area contributed by atoms with Gasteiger partial charge in [-0.2, -0.15) is 0 Å². The van der Waals surface area contributed by atoms with Gasteiger partial charge in [0, 0.05) is 34.6 Å². The lowest BCUT2D eigenvalue weighted by molar-refractivity contribution is 0.416. The van der Waals surface area contributed by atoms with Crippen LogP contribution in [0.4, 0.5) is 0 Å². The first-order valence-corrected chi connectivity index (χ1v) is 6.04. The number of pyridine rings is 1. The molecule has 0 aliphatic carbocycles. The molecule has 2 N–H and O–H groups in total. The van der Waals surface area contributed by atoms with E-state index in [1.807, 2.05) is 25.1 Å². The summed E-state index contributed by atoms with van der Waals surface area (Å²) in [6.07, 6.45) is 3.55. The van der Waals surface area contributed by atoms with E-state index in [2.05, 4.69) is 4.98 Å². The molecule has 94 valence electrons. The highest BCUT2D eigenvalue weighted by atomic mass is 35.5. The summed E-state index contributed by atoms with van der Waals surface area (Å²) in [4.78, 5) is 4.21. The van der Waals surface area contributed by atoms with Crippen molar-refractivity contribution in [2.24, 2.45) is 5.73 Å². The first-order valence-electron chi connectivity index (χ1n) is 5.66. The molecule has 0 aliphatic rings. The first kappa shape index (κ1) is 12.9. The van der Waals surface area contributed by atoms with E-state index in [-0.39, 0.29) is 6.04 Å². The van der Waals surface area contributed by atoms with Gasteiger partial charge in [-0.25, -0.2) is 0 Å². The van der Waals surface area contributed by atoms with E-state index >= 15 is 0 Å². The molecule has 3 nitrogen and oxygen atoms in total. The lowest BCUT2D eigenvalue weighted by atomic mass is 10.0. The number of benzene rings is 1. The molecular weight excluding hydrogens is 248 g/mol. The Kier molecular flexibility index (Phi) is 3.84. The molecule has 1 heterocycles. The Hall–Kier alpha value is -1.58. The van der Waals surface area contributed by atoms with Crippen LogP contribution in [0.15, 0.2) is 36.7 Å². The Morgan fingerprint density at radius 3 is 2.72 bits per heavy atom. The molecule has 4 heteroatoms. The predicted octanol–water partition coefficient (Wildman–Crippen LogP) is 3.43. The van der Waals surface area contributed by atoms with Gasteiger partial charge < -0.3 is 10.5 Å². The number of nitrogens with two attached hydrogens (primary N) is 1. The van der Waals surface area contributed by atoms with Crippen LogP contribution >= 0.6 is 11.6 Å². The van der Waals surface area contributed by atoms with Gasteiger partial charge in [0.1, 0.15) is 5.75 Å². The number of rotatable bonds is 3. The maximum Gasteiger partial charge on any atom is 0.126 e. The fourth-order valence-corrected chi connectivity index (χ4v) is 1.93. The van der Waals surface area contributed by atoms with E-state index in [4.69, 9.17) is 22.1 Å². The van der Waals surface area contributed by atoms with Crippen molar-refractivity contribution in [2.75, 3.05) is 7.11 Å². The third kappa shape index (κ3) is 2.63. The SMILES string of the molecule is COc1ccc(Cl)cc1-c1cncc(C(C)N)c1. The number of nitrogens with zero attached hydrogens (tertiary/aromatic N) is 1. The fraction of sp³-hybridized carbons (Fsp3) is 0.214. The molecule has 1 aromatic heterocycles. The third-order valence-electron chi connectivity index (χ3n) is 2.76. The minimum absolute atomic E-state index is 0.0531. The molecule has 0 saturated carbocycles. The summed E-state index contributed by atoms with van der Waals surface area (Å²) in [5.41, 5.74) is 8.71. The quantitative estimate of drug-likeness (QED) is 0.922. The highest BCUT2D eigenvalue weighted by molar-refractivity contribution is 6.31. The molecule has 0 bridgehead atoms. The number of ether oxygens (including phenoxy) is 1. The number of halogens is 1. The van der Waals surface area contributed by atoms with Crippen LogP contribution in [0.3, 0.4) is 0 Å². The molecule has 2 aromatic rings. The van der Waals surface area contributed by atoms with Crippen molar-refractivity contribution < 1.29 is 4.74 Å². The molecule has 0 radical (unpaired) electrons. The highest BCUT2D eigenvalue weighted by Crippen LogP contribution is 2.32. The molecular formula is C14H15ClN2O. The van der Waals surface area contributed by atoms with Crippen molar-refractivity contribution in [1.82, 2.24) is 4.98 Å². The number of hydrogen-bond donors (Lipinski definition) is 1. The predicted molar refractivity (Wildman–Crippen MR) is 73.8 cm³/mol. The summed E-state index contributed by atoms with van der Waals surface area (Å²) in [6.45, 7) is 1.93. The maximum absolute atomic E-state index is 6.03. The Bertz CT molecular complexity index is 555. The van der Waals surface area contributed by atoms with Crippen molar-refractivity contribution in [3.05, 3.63) is 47.2 Å². The van der Waals surface area contributed by atoms with Crippen molar-refractivity contribution in [3.63, 3.8) is 0 Å². The van der Waals surface area contributed by atoms with E-state index in [9.17, 15) is 0 Å². The molecule has 0 amide bonds. The zero-order chi connectivity index (χ0) is 13.1. The molecule has 2 rings (SSSR count). The summed E-state index contributed by atoms with van der Waals surface area (Å²) in [6, 6.07) is 7.46. The molecule has 0 aliphatic heterocycles. The van der Waals surface area contributed by atoms with Gasteiger partial charge in [0.05, 0.1) is 7.11 Å². The normalized spacial score (nSPS) is 12.2. The van der Waals surface area contributed by atoms with Gasteiger partial charge in [-0.05, 0) is 36.8 Å². The van der Waals surface area contributed by atoms with Gasteiger partial charge >= 0.3 is 0 Å². The van der Waals surface area contributed by atoms with Crippen molar-refractivity contribution >= 4 is 11.6 Å². The van der Waals surface area contributed by atoms with Crippen LogP contribution in [0.1, 0.15) is 18.5 Å². The van der Waals surface area contributed by atoms with E-state index < -0.39 is 0 Å². The Balaban J connectivity index is 2.54. The van der Waals surface area contributed by atoms with Gasteiger partial charge in [-0.15, -0.1) is 0 Å². The Morgan fingerprint density at radius 1 is 1.28 bits per heavy atom. The maximum atomic E-state index is 6.03. The molecule has 0 spiro atoms. The second kappa shape index (κ2) is 5.38. The van der Waals surface area contributed by atoms with Crippen LogP contribution in [-0.4, -0.2) is 12.1 Å². The minimum Gasteiger partial charge on any atom is -0.496 e. The summed E-state index contributed by atoms with van der Waals surface area (Å²) < 4.78 is 5.34. The average Bonchev–Trinajstić information content (AvgIpc) is 2.39. The average molecular weight is 263 g/mol. The second-order valence-electron chi connectivity index (χ2n) is 4.14. The lowest BCUT2D eigenvalue weighted by Crippen LogP contribution is -2.05. The van der Waals surface area contributed by atoms with Crippen LogP contribution in [0.25, 0.3) is 11.1 Å². The lowest BCUT2D eigenvalue weighted by Gasteiger charge is -2.11. The zero-order valence-electron chi connectivity index (χ0n) is 10.4. The van der Waals surface area contributed by atoms with Crippen molar-refractivity contribution in [3.8, 4) is 16.9 Å². The second-order valence-corrected chi connectivity index (χ2v) is 4.58. The van der Waals surface area contributed by atoms with Crippen LogP contribution in [0.5, 0.6) is 5.75 Å². The highest BCUT2D eigenvalue weighted by Gasteiger charge is 2.09. The number of aromatic nitrogens is 1. The number of hydrogen-bond acceptors (Lipinski definition) is 3. The smallest absolute Gasteiger partial charge is 0.126 e. The van der Waals surface area contributed by atoms with Gasteiger partial charge in [0.2, 0.25) is 0 Å².